The fraction of sp³-hybridized carbons (Fsp3) is 0.222. The van der Waals surface area contributed by atoms with Crippen molar-refractivity contribution < 1.29 is 9.53 Å². The predicted molar refractivity (Wildman–Crippen MR) is 142 cm³/mol. The van der Waals surface area contributed by atoms with E-state index in [2.05, 4.69) is 46.8 Å². The second-order valence-electron chi connectivity index (χ2n) is 8.18. The molecule has 0 spiro atoms. The van der Waals surface area contributed by atoms with Crippen molar-refractivity contribution >= 4 is 29.0 Å². The first kappa shape index (κ1) is 24.3. The molecule has 7 nitrogen and oxygen atoms in total. The Morgan fingerprint density at radius 2 is 1.60 bits per heavy atom. The molecular weight excluding hydrogens is 458 g/mol. The maximum atomic E-state index is 12.7. The molecule has 0 aliphatic rings. The number of nitrogens with zero attached hydrogens (tertiary/aromatic N) is 3. The zero-order valence-electron chi connectivity index (χ0n) is 20.3. The van der Waals surface area contributed by atoms with Crippen molar-refractivity contribution in [1.82, 2.24) is 14.8 Å². The van der Waals surface area contributed by atoms with Crippen LogP contribution in [0.3, 0.4) is 0 Å². The third-order valence-electron chi connectivity index (χ3n) is 5.68. The Morgan fingerprint density at radius 1 is 0.914 bits per heavy atom. The number of hydrogen-bond acceptors (Lipinski definition) is 6. The van der Waals surface area contributed by atoms with Crippen LogP contribution in [0.2, 0.25) is 0 Å². The van der Waals surface area contributed by atoms with Crippen molar-refractivity contribution in [3.63, 3.8) is 0 Å². The zero-order valence-corrected chi connectivity index (χ0v) is 21.1. The van der Waals surface area contributed by atoms with Gasteiger partial charge < -0.3 is 15.4 Å². The number of methoxy groups -OCH3 is 1. The van der Waals surface area contributed by atoms with E-state index in [1.54, 1.807) is 7.11 Å². The minimum atomic E-state index is -0.103. The van der Waals surface area contributed by atoms with E-state index in [1.165, 1.54) is 11.8 Å². The van der Waals surface area contributed by atoms with E-state index in [4.69, 9.17) is 4.74 Å². The van der Waals surface area contributed by atoms with E-state index in [-0.39, 0.29) is 11.7 Å². The first-order valence-corrected chi connectivity index (χ1v) is 12.3. The number of amides is 1. The number of ether oxygens (including phenoxy) is 1. The molecule has 0 aliphatic heterocycles. The first-order valence-electron chi connectivity index (χ1n) is 11.3. The Hall–Kier alpha value is -3.78. The number of carbonyl (C=O) groups is 1. The zero-order chi connectivity index (χ0) is 24.8. The van der Waals surface area contributed by atoms with Crippen LogP contribution in [0.25, 0.3) is 5.69 Å². The lowest BCUT2D eigenvalue weighted by Crippen LogP contribution is -2.15. The molecule has 2 N–H and O–H groups in total. The Labute approximate surface area is 209 Å². The second-order valence-corrected chi connectivity index (χ2v) is 9.12. The number of benzene rings is 3. The van der Waals surface area contributed by atoms with Gasteiger partial charge in [-0.15, -0.1) is 10.2 Å². The number of hydrogen-bond donors (Lipinski definition) is 2. The van der Waals surface area contributed by atoms with Crippen LogP contribution in [0.15, 0.2) is 71.9 Å². The van der Waals surface area contributed by atoms with Gasteiger partial charge in [-0.1, -0.05) is 60.3 Å². The number of anilines is 2. The van der Waals surface area contributed by atoms with Gasteiger partial charge in [0.15, 0.2) is 11.0 Å². The van der Waals surface area contributed by atoms with E-state index in [1.807, 2.05) is 66.1 Å². The van der Waals surface area contributed by atoms with Crippen LogP contribution in [0, 0.1) is 20.8 Å². The summed E-state index contributed by atoms with van der Waals surface area (Å²) in [5, 5.41) is 16.0. The molecular formula is C27H29N5O2S. The van der Waals surface area contributed by atoms with Gasteiger partial charge in [0.05, 0.1) is 25.1 Å². The molecule has 0 unspecified atom stereocenters. The standard InChI is InChI=1S/C27H29N5O2S/c1-18-10-5-6-13-21(18)29-25(33)17-35-27-31-30-24(16-28-26-19(2)11-9-12-20(26)3)32(27)22-14-7-8-15-23(22)34-4/h5-15,28H,16-17H2,1-4H3,(H,29,33). The lowest BCUT2D eigenvalue weighted by Gasteiger charge is -2.16. The third-order valence-corrected chi connectivity index (χ3v) is 6.61. The molecule has 0 radical (unpaired) electrons. The molecule has 3 aromatic carbocycles. The molecule has 35 heavy (non-hydrogen) atoms. The molecule has 0 atom stereocenters. The highest BCUT2D eigenvalue weighted by Crippen LogP contribution is 2.29. The summed E-state index contributed by atoms with van der Waals surface area (Å²) in [5.74, 6) is 1.52. The Bertz CT molecular complexity index is 1310. The van der Waals surface area contributed by atoms with Crippen LogP contribution < -0.4 is 15.4 Å². The maximum absolute atomic E-state index is 12.7. The summed E-state index contributed by atoms with van der Waals surface area (Å²) in [7, 11) is 1.64. The van der Waals surface area contributed by atoms with Crippen LogP contribution in [-0.4, -0.2) is 33.5 Å². The van der Waals surface area contributed by atoms with Gasteiger partial charge in [0.1, 0.15) is 5.75 Å². The molecule has 1 aromatic heterocycles. The van der Waals surface area contributed by atoms with Gasteiger partial charge in [0.2, 0.25) is 5.91 Å². The Morgan fingerprint density at radius 3 is 2.34 bits per heavy atom. The van der Waals surface area contributed by atoms with Crippen molar-refractivity contribution in [2.45, 2.75) is 32.5 Å². The molecule has 0 fully saturated rings. The third kappa shape index (κ3) is 5.66. The first-order chi connectivity index (χ1) is 17.0. The molecule has 4 aromatic rings. The minimum Gasteiger partial charge on any atom is -0.495 e. The van der Waals surface area contributed by atoms with E-state index in [9.17, 15) is 4.79 Å². The normalized spacial score (nSPS) is 10.7. The molecule has 0 saturated heterocycles. The summed E-state index contributed by atoms with van der Waals surface area (Å²) >= 11 is 1.34. The number of carbonyl (C=O) groups excluding carboxylic acids is 1. The van der Waals surface area contributed by atoms with Crippen molar-refractivity contribution in [2.24, 2.45) is 0 Å². The Kier molecular flexibility index (Phi) is 7.72. The smallest absolute Gasteiger partial charge is 0.234 e. The van der Waals surface area contributed by atoms with Crippen LogP contribution in [0.1, 0.15) is 22.5 Å². The van der Waals surface area contributed by atoms with E-state index < -0.39 is 0 Å². The summed E-state index contributed by atoms with van der Waals surface area (Å²) in [6.45, 7) is 6.59. The molecule has 8 heteroatoms. The van der Waals surface area contributed by atoms with E-state index in [0.29, 0.717) is 17.5 Å². The SMILES string of the molecule is COc1ccccc1-n1c(CNc2c(C)cccc2C)nnc1SCC(=O)Nc1ccccc1C. The number of aromatic nitrogens is 3. The molecule has 0 bridgehead atoms. The average Bonchev–Trinajstić information content (AvgIpc) is 3.26. The molecule has 180 valence electrons. The van der Waals surface area contributed by atoms with Gasteiger partial charge >= 0.3 is 0 Å². The summed E-state index contributed by atoms with van der Waals surface area (Å²) < 4.78 is 7.56. The van der Waals surface area contributed by atoms with E-state index >= 15 is 0 Å². The molecule has 1 amide bonds. The van der Waals surface area contributed by atoms with Crippen LogP contribution in [0.4, 0.5) is 11.4 Å². The van der Waals surface area contributed by atoms with Gasteiger partial charge in [-0.3, -0.25) is 9.36 Å². The molecule has 1 heterocycles. The average molecular weight is 488 g/mol. The van der Waals surface area contributed by atoms with Crippen LogP contribution >= 0.6 is 11.8 Å². The number of rotatable bonds is 9. The summed E-state index contributed by atoms with van der Waals surface area (Å²) in [6.07, 6.45) is 0. The fourth-order valence-electron chi connectivity index (χ4n) is 3.86. The Balaban J connectivity index is 1.59. The predicted octanol–water partition coefficient (Wildman–Crippen LogP) is 5.54. The molecule has 4 rings (SSSR count). The lowest BCUT2D eigenvalue weighted by atomic mass is 10.1. The summed E-state index contributed by atoms with van der Waals surface area (Å²) in [4.78, 5) is 12.7. The van der Waals surface area contributed by atoms with Gasteiger partial charge in [-0.2, -0.15) is 0 Å². The van der Waals surface area contributed by atoms with Gasteiger partial charge in [-0.05, 0) is 55.7 Å². The van der Waals surface area contributed by atoms with Crippen LogP contribution in [0.5, 0.6) is 5.75 Å². The molecule has 0 aliphatic carbocycles. The van der Waals surface area contributed by atoms with Crippen molar-refractivity contribution in [1.29, 1.82) is 0 Å². The number of thioether (sulfide) groups is 1. The lowest BCUT2D eigenvalue weighted by molar-refractivity contribution is -0.113. The number of para-hydroxylation sites is 4. The van der Waals surface area contributed by atoms with Gasteiger partial charge in [0.25, 0.3) is 0 Å². The monoisotopic (exact) mass is 487 g/mol. The number of nitrogens with one attached hydrogen (secondary N) is 2. The fourth-order valence-corrected chi connectivity index (χ4v) is 4.62. The minimum absolute atomic E-state index is 0.103. The topological polar surface area (TPSA) is 81.1 Å². The highest BCUT2D eigenvalue weighted by molar-refractivity contribution is 7.99. The maximum Gasteiger partial charge on any atom is 0.234 e. The van der Waals surface area contributed by atoms with Crippen molar-refractivity contribution in [3.05, 3.63) is 89.2 Å². The van der Waals surface area contributed by atoms with Crippen molar-refractivity contribution in [2.75, 3.05) is 23.5 Å². The highest BCUT2D eigenvalue weighted by atomic mass is 32.2. The van der Waals surface area contributed by atoms with Crippen molar-refractivity contribution in [3.8, 4) is 11.4 Å². The summed E-state index contributed by atoms with van der Waals surface area (Å²) in [6, 6.07) is 21.6. The second kappa shape index (κ2) is 11.1. The highest BCUT2D eigenvalue weighted by Gasteiger charge is 2.19. The van der Waals surface area contributed by atoms with Gasteiger partial charge in [-0.25, -0.2) is 0 Å². The van der Waals surface area contributed by atoms with E-state index in [0.717, 1.165) is 39.6 Å². The quantitative estimate of drug-likeness (QED) is 0.302. The molecule has 0 saturated carbocycles. The summed E-state index contributed by atoms with van der Waals surface area (Å²) in [5.41, 5.74) is 6.05. The van der Waals surface area contributed by atoms with Crippen LogP contribution in [-0.2, 0) is 11.3 Å². The number of aryl methyl sites for hydroxylation is 3. The largest absolute Gasteiger partial charge is 0.495 e. The van der Waals surface area contributed by atoms with Gasteiger partial charge in [0, 0.05) is 11.4 Å².